The van der Waals surface area contributed by atoms with Gasteiger partial charge in [0.25, 0.3) is 0 Å². The van der Waals surface area contributed by atoms with Gasteiger partial charge in [-0.05, 0) is 24.3 Å². The Bertz CT molecular complexity index is 1170. The summed E-state index contributed by atoms with van der Waals surface area (Å²) in [5.41, 5.74) is -1.68. The molecule has 0 saturated carbocycles. The van der Waals surface area contributed by atoms with Crippen LogP contribution in [0.3, 0.4) is 0 Å². The molecule has 2 heterocycles. The van der Waals surface area contributed by atoms with E-state index in [2.05, 4.69) is 0 Å². The van der Waals surface area contributed by atoms with Crippen LogP contribution in [0.5, 0.6) is 17.2 Å². The Labute approximate surface area is 168 Å². The molecule has 30 heavy (non-hydrogen) atoms. The lowest BCUT2D eigenvalue weighted by Gasteiger charge is -2.41. The topological polar surface area (TPSA) is 181 Å². The predicted octanol–water partition coefficient (Wildman–Crippen LogP) is -0.165. The second-order valence-electron chi connectivity index (χ2n) is 7.03. The number of hydrogen-bond donors (Lipinski definition) is 7. The van der Waals surface area contributed by atoms with Crippen LogP contribution in [0.1, 0.15) is 5.56 Å². The first-order valence-corrected chi connectivity index (χ1v) is 8.86. The highest BCUT2D eigenvalue weighted by Gasteiger charge is 2.53. The highest BCUT2D eigenvalue weighted by Crippen LogP contribution is 2.40. The van der Waals surface area contributed by atoms with Gasteiger partial charge >= 0.3 is 0 Å². The van der Waals surface area contributed by atoms with E-state index in [1.165, 1.54) is 24.3 Å². The summed E-state index contributed by atoms with van der Waals surface area (Å²) in [6.07, 6.45) is -5.51. The van der Waals surface area contributed by atoms with Gasteiger partial charge in [-0.1, -0.05) is 0 Å². The van der Waals surface area contributed by atoms with E-state index < -0.39 is 58.6 Å². The van der Waals surface area contributed by atoms with Crippen molar-refractivity contribution in [3.63, 3.8) is 0 Å². The Morgan fingerprint density at radius 3 is 2.30 bits per heavy atom. The maximum Gasteiger partial charge on any atom is 0.229 e. The first-order chi connectivity index (χ1) is 14.1. The van der Waals surface area contributed by atoms with Crippen LogP contribution >= 0.6 is 0 Å². The second-order valence-corrected chi connectivity index (χ2v) is 7.03. The van der Waals surface area contributed by atoms with Crippen LogP contribution in [0, 0.1) is 0 Å². The fraction of sp³-hybridized carbons (Fsp3) is 0.250. The van der Waals surface area contributed by atoms with E-state index in [0.717, 1.165) is 12.1 Å². The van der Waals surface area contributed by atoms with Gasteiger partial charge < -0.3 is 44.9 Å². The van der Waals surface area contributed by atoms with Crippen molar-refractivity contribution in [3.8, 4) is 28.6 Å². The van der Waals surface area contributed by atoms with Gasteiger partial charge in [0.2, 0.25) is 11.2 Å². The van der Waals surface area contributed by atoms with Crippen molar-refractivity contribution in [1.82, 2.24) is 0 Å². The molecule has 2 aromatic carbocycles. The first kappa shape index (κ1) is 20.1. The minimum atomic E-state index is -2.80. The molecule has 1 aliphatic heterocycles. The highest BCUT2D eigenvalue weighted by molar-refractivity contribution is 5.87. The van der Waals surface area contributed by atoms with E-state index in [4.69, 9.17) is 9.15 Å². The fourth-order valence-electron chi connectivity index (χ4n) is 3.48. The molecular formula is C20H18O10. The molecule has 4 atom stereocenters. The maximum atomic E-state index is 13.3. The number of benzene rings is 2. The largest absolute Gasteiger partial charge is 0.508 e. The third-order valence-corrected chi connectivity index (χ3v) is 5.04. The minimum Gasteiger partial charge on any atom is -0.508 e. The third-order valence-electron chi connectivity index (χ3n) is 5.04. The van der Waals surface area contributed by atoms with Gasteiger partial charge in [0.1, 0.15) is 57.9 Å². The number of rotatable bonds is 2. The number of phenolic OH excluding ortho intramolecular Hbond substituents is 3. The third kappa shape index (κ3) is 2.98. The maximum absolute atomic E-state index is 13.3. The lowest BCUT2D eigenvalue weighted by Crippen LogP contribution is -2.60. The standard InChI is InChI=1S/C20H18O10/c21-9-3-1-8(2-4-9)18-15(20(28)19(27)16(25)12(24)7-29-20)17(26)14-11(23)5-10(22)6-13(14)30-18/h1-6,12,16,19,21-25,27-28H,7H2/t12-,16-,19+,20-/m0/s1. The highest BCUT2D eigenvalue weighted by atomic mass is 16.6. The molecule has 0 bridgehead atoms. The van der Waals surface area contributed by atoms with Crippen LogP contribution in [-0.2, 0) is 10.5 Å². The molecule has 158 valence electrons. The number of aliphatic hydroxyl groups is 4. The normalized spacial score (nSPS) is 26.7. The van der Waals surface area contributed by atoms with Crippen molar-refractivity contribution in [1.29, 1.82) is 0 Å². The number of fused-ring (bicyclic) bond motifs is 1. The number of aliphatic hydroxyl groups excluding tert-OH is 3. The van der Waals surface area contributed by atoms with Gasteiger partial charge in [-0.15, -0.1) is 0 Å². The van der Waals surface area contributed by atoms with E-state index in [0.29, 0.717) is 0 Å². The monoisotopic (exact) mass is 418 g/mol. The molecule has 3 aromatic rings. The quantitative estimate of drug-likeness (QED) is 0.295. The Morgan fingerprint density at radius 2 is 1.63 bits per heavy atom. The predicted molar refractivity (Wildman–Crippen MR) is 101 cm³/mol. The zero-order chi connectivity index (χ0) is 21.8. The van der Waals surface area contributed by atoms with Crippen molar-refractivity contribution in [2.75, 3.05) is 6.61 Å². The zero-order valence-corrected chi connectivity index (χ0v) is 15.3. The summed E-state index contributed by atoms with van der Waals surface area (Å²) in [4.78, 5) is 13.3. The summed E-state index contributed by atoms with van der Waals surface area (Å²) in [6, 6.07) is 7.24. The molecule has 0 spiro atoms. The van der Waals surface area contributed by atoms with Crippen molar-refractivity contribution >= 4 is 11.0 Å². The molecule has 0 radical (unpaired) electrons. The number of aromatic hydroxyl groups is 3. The van der Waals surface area contributed by atoms with Crippen LogP contribution in [0.2, 0.25) is 0 Å². The van der Waals surface area contributed by atoms with E-state index in [-0.39, 0.29) is 22.7 Å². The summed E-state index contributed by atoms with van der Waals surface area (Å²) in [5.74, 6) is -4.23. The van der Waals surface area contributed by atoms with Crippen LogP contribution < -0.4 is 5.43 Å². The molecule has 0 aliphatic carbocycles. The Hall–Kier alpha value is -3.15. The van der Waals surface area contributed by atoms with Crippen LogP contribution in [-0.4, -0.2) is 60.7 Å². The molecular weight excluding hydrogens is 400 g/mol. The van der Waals surface area contributed by atoms with Crippen LogP contribution in [0.25, 0.3) is 22.3 Å². The van der Waals surface area contributed by atoms with Crippen LogP contribution in [0.15, 0.2) is 45.6 Å². The fourth-order valence-corrected chi connectivity index (χ4v) is 3.48. The van der Waals surface area contributed by atoms with Crippen molar-refractivity contribution in [3.05, 3.63) is 52.2 Å². The average Bonchev–Trinajstić information content (AvgIpc) is 2.69. The molecule has 4 rings (SSSR count). The van der Waals surface area contributed by atoms with Crippen molar-refractivity contribution in [2.24, 2.45) is 0 Å². The van der Waals surface area contributed by atoms with E-state index >= 15 is 0 Å². The van der Waals surface area contributed by atoms with E-state index in [1.807, 2.05) is 0 Å². The van der Waals surface area contributed by atoms with E-state index in [9.17, 15) is 40.5 Å². The summed E-state index contributed by atoms with van der Waals surface area (Å²) < 4.78 is 10.9. The Morgan fingerprint density at radius 1 is 0.967 bits per heavy atom. The van der Waals surface area contributed by atoms with E-state index in [1.54, 1.807) is 0 Å². The lowest BCUT2D eigenvalue weighted by atomic mass is 9.88. The minimum absolute atomic E-state index is 0.0927. The average molecular weight is 418 g/mol. The number of hydrogen-bond acceptors (Lipinski definition) is 10. The van der Waals surface area contributed by atoms with Gasteiger partial charge in [-0.3, -0.25) is 4.79 Å². The molecule has 7 N–H and O–H groups in total. The van der Waals surface area contributed by atoms with Gasteiger partial charge in [-0.25, -0.2) is 0 Å². The van der Waals surface area contributed by atoms with Gasteiger partial charge in [0, 0.05) is 17.7 Å². The molecule has 0 amide bonds. The first-order valence-electron chi connectivity index (χ1n) is 8.86. The lowest BCUT2D eigenvalue weighted by molar-refractivity contribution is -0.330. The zero-order valence-electron chi connectivity index (χ0n) is 15.3. The molecule has 1 aliphatic rings. The molecule has 1 fully saturated rings. The molecule has 10 nitrogen and oxygen atoms in total. The summed E-state index contributed by atoms with van der Waals surface area (Å²) in [7, 11) is 0. The van der Waals surface area contributed by atoms with Crippen molar-refractivity contribution in [2.45, 2.75) is 24.1 Å². The molecule has 1 saturated heterocycles. The summed E-state index contributed by atoms with van der Waals surface area (Å²) >= 11 is 0. The Balaban J connectivity index is 2.09. The van der Waals surface area contributed by atoms with Crippen LogP contribution in [0.4, 0.5) is 0 Å². The van der Waals surface area contributed by atoms with Gasteiger partial charge in [0.15, 0.2) is 0 Å². The van der Waals surface area contributed by atoms with Gasteiger partial charge in [0.05, 0.1) is 6.61 Å². The summed E-state index contributed by atoms with van der Waals surface area (Å²) in [5, 5.41) is 70.4. The van der Waals surface area contributed by atoms with Crippen molar-refractivity contribution < 1.29 is 44.9 Å². The van der Waals surface area contributed by atoms with Gasteiger partial charge in [-0.2, -0.15) is 0 Å². The molecule has 0 unspecified atom stereocenters. The smallest absolute Gasteiger partial charge is 0.229 e. The number of phenols is 3. The number of ether oxygens (including phenoxy) is 1. The Kier molecular flexibility index (Phi) is 4.68. The molecule has 1 aromatic heterocycles. The summed E-state index contributed by atoms with van der Waals surface area (Å²) in [6.45, 7) is -0.608. The molecule has 10 heteroatoms. The SMILES string of the molecule is O=c1c([C@]2(O)OC[C@H](O)[C@H](O)[C@H]2O)c(-c2ccc(O)cc2)oc2cc(O)cc(O)c12. The second kappa shape index (κ2) is 6.97.